The molecule has 0 aliphatic rings. The molecule has 3 nitrogen and oxygen atoms in total. The first-order valence-corrected chi connectivity index (χ1v) is 6.22. The van der Waals surface area contributed by atoms with Crippen molar-refractivity contribution in [3.05, 3.63) is 23.3 Å². The first-order valence-electron chi connectivity index (χ1n) is 6.22. The number of hydrogen-bond acceptors (Lipinski definition) is 3. The zero-order chi connectivity index (χ0) is 12.7. The third-order valence-corrected chi connectivity index (χ3v) is 2.56. The molecule has 0 aliphatic carbocycles. The molecule has 0 unspecified atom stereocenters. The molecule has 0 aromatic heterocycles. The molecular formula is C14H23NO2. The van der Waals surface area contributed by atoms with E-state index in [9.17, 15) is 0 Å². The zero-order valence-corrected chi connectivity index (χ0v) is 11.1. The number of rotatable bonds is 7. The van der Waals surface area contributed by atoms with E-state index in [1.165, 1.54) is 0 Å². The molecule has 96 valence electrons. The summed E-state index contributed by atoms with van der Waals surface area (Å²) >= 11 is 0. The van der Waals surface area contributed by atoms with Crippen molar-refractivity contribution in [3.8, 4) is 5.75 Å². The quantitative estimate of drug-likeness (QED) is 0.585. The number of benzene rings is 1. The predicted molar refractivity (Wildman–Crippen MR) is 71.6 cm³/mol. The Balaban J connectivity index is 2.36. The summed E-state index contributed by atoms with van der Waals surface area (Å²) in [6.07, 6.45) is 2.26. The van der Waals surface area contributed by atoms with Crippen LogP contribution in [0.2, 0.25) is 0 Å². The molecule has 0 heterocycles. The Morgan fingerprint density at radius 3 is 2.53 bits per heavy atom. The van der Waals surface area contributed by atoms with Crippen LogP contribution in [-0.4, -0.2) is 19.8 Å². The predicted octanol–water partition coefficient (Wildman–Crippen LogP) is 3.08. The fourth-order valence-corrected chi connectivity index (χ4v) is 1.74. The van der Waals surface area contributed by atoms with Crippen LogP contribution in [0.3, 0.4) is 0 Å². The fraction of sp³-hybridized carbons (Fsp3) is 0.571. The molecular weight excluding hydrogens is 214 g/mol. The van der Waals surface area contributed by atoms with Gasteiger partial charge in [0.15, 0.2) is 0 Å². The number of nitrogen functional groups attached to an aromatic ring is 1. The molecule has 0 amide bonds. The molecule has 17 heavy (non-hydrogen) atoms. The van der Waals surface area contributed by atoms with Crippen molar-refractivity contribution in [3.63, 3.8) is 0 Å². The molecule has 0 fully saturated rings. The summed E-state index contributed by atoms with van der Waals surface area (Å²) in [6.45, 7) is 8.17. The normalized spacial score (nSPS) is 10.5. The van der Waals surface area contributed by atoms with Gasteiger partial charge in [-0.1, -0.05) is 19.4 Å². The fourth-order valence-electron chi connectivity index (χ4n) is 1.74. The van der Waals surface area contributed by atoms with E-state index in [4.69, 9.17) is 15.2 Å². The minimum Gasteiger partial charge on any atom is -0.489 e. The first-order chi connectivity index (χ1) is 8.15. The second-order valence-corrected chi connectivity index (χ2v) is 4.31. The third-order valence-electron chi connectivity index (χ3n) is 2.56. The lowest BCUT2D eigenvalue weighted by Gasteiger charge is -2.12. The molecule has 1 aromatic rings. The Morgan fingerprint density at radius 2 is 1.88 bits per heavy atom. The summed E-state index contributed by atoms with van der Waals surface area (Å²) in [6, 6.07) is 4.00. The number of nitrogens with two attached hydrogens (primary N) is 1. The van der Waals surface area contributed by atoms with Crippen LogP contribution in [-0.2, 0) is 4.74 Å². The minimum atomic E-state index is 0.553. The van der Waals surface area contributed by atoms with Gasteiger partial charge in [0.05, 0.1) is 12.3 Å². The van der Waals surface area contributed by atoms with Crippen molar-refractivity contribution >= 4 is 5.69 Å². The van der Waals surface area contributed by atoms with Gasteiger partial charge < -0.3 is 15.2 Å². The molecule has 0 saturated heterocycles. The van der Waals surface area contributed by atoms with E-state index in [2.05, 4.69) is 13.0 Å². The van der Waals surface area contributed by atoms with Crippen molar-refractivity contribution < 1.29 is 9.47 Å². The van der Waals surface area contributed by atoms with E-state index >= 15 is 0 Å². The molecule has 3 heteroatoms. The summed E-state index contributed by atoms with van der Waals surface area (Å²) in [4.78, 5) is 0. The van der Waals surface area contributed by atoms with Crippen LogP contribution >= 0.6 is 0 Å². The molecule has 0 spiro atoms. The number of hydrogen-bond donors (Lipinski definition) is 1. The van der Waals surface area contributed by atoms with E-state index in [1.807, 2.05) is 19.9 Å². The summed E-state index contributed by atoms with van der Waals surface area (Å²) in [5.41, 5.74) is 8.86. The summed E-state index contributed by atoms with van der Waals surface area (Å²) < 4.78 is 11.1. The highest BCUT2D eigenvalue weighted by atomic mass is 16.5. The van der Waals surface area contributed by atoms with Crippen molar-refractivity contribution in [2.24, 2.45) is 0 Å². The van der Waals surface area contributed by atoms with Gasteiger partial charge in [-0.3, -0.25) is 0 Å². The molecule has 0 saturated carbocycles. The van der Waals surface area contributed by atoms with Crippen LogP contribution in [0, 0.1) is 13.8 Å². The van der Waals surface area contributed by atoms with Gasteiger partial charge in [0.1, 0.15) is 12.4 Å². The van der Waals surface area contributed by atoms with Crippen LogP contribution in [0.1, 0.15) is 30.9 Å². The van der Waals surface area contributed by atoms with Gasteiger partial charge in [0, 0.05) is 6.61 Å². The summed E-state index contributed by atoms with van der Waals surface area (Å²) in [5, 5.41) is 0. The average molecular weight is 237 g/mol. The van der Waals surface area contributed by atoms with Crippen LogP contribution in [0.15, 0.2) is 12.1 Å². The lowest BCUT2D eigenvalue weighted by Crippen LogP contribution is -2.09. The average Bonchev–Trinajstić information content (AvgIpc) is 2.26. The number of ether oxygens (including phenoxy) is 2. The Bertz CT molecular complexity index is 327. The van der Waals surface area contributed by atoms with E-state index in [1.54, 1.807) is 0 Å². The van der Waals surface area contributed by atoms with Gasteiger partial charge in [0.2, 0.25) is 0 Å². The molecule has 0 atom stereocenters. The Labute approximate surface area is 104 Å². The molecule has 1 aromatic carbocycles. The SMILES string of the molecule is CCCCOCCOc1c(C)cc(C)cc1N. The monoisotopic (exact) mass is 237 g/mol. The second kappa shape index (κ2) is 7.17. The van der Waals surface area contributed by atoms with Crippen molar-refractivity contribution in [2.45, 2.75) is 33.6 Å². The number of anilines is 1. The molecule has 1 rings (SSSR count). The molecule has 2 N–H and O–H groups in total. The van der Waals surface area contributed by atoms with Crippen molar-refractivity contribution in [1.29, 1.82) is 0 Å². The zero-order valence-electron chi connectivity index (χ0n) is 11.1. The highest BCUT2D eigenvalue weighted by Gasteiger charge is 2.05. The highest BCUT2D eigenvalue weighted by Crippen LogP contribution is 2.27. The van der Waals surface area contributed by atoms with Crippen molar-refractivity contribution in [2.75, 3.05) is 25.6 Å². The maximum atomic E-state index is 5.92. The lowest BCUT2D eigenvalue weighted by atomic mass is 10.1. The minimum absolute atomic E-state index is 0.553. The standard InChI is InChI=1S/C14H23NO2/c1-4-5-6-16-7-8-17-14-12(3)9-11(2)10-13(14)15/h9-10H,4-8,15H2,1-3H3. The summed E-state index contributed by atoms with van der Waals surface area (Å²) in [5.74, 6) is 0.787. The number of unbranched alkanes of at least 4 members (excludes halogenated alkanes) is 1. The van der Waals surface area contributed by atoms with E-state index in [-0.39, 0.29) is 0 Å². The van der Waals surface area contributed by atoms with Gasteiger partial charge in [-0.2, -0.15) is 0 Å². The highest BCUT2D eigenvalue weighted by molar-refractivity contribution is 5.58. The lowest BCUT2D eigenvalue weighted by molar-refractivity contribution is 0.0981. The maximum Gasteiger partial charge on any atom is 0.145 e. The van der Waals surface area contributed by atoms with E-state index < -0.39 is 0 Å². The van der Waals surface area contributed by atoms with Gasteiger partial charge in [-0.15, -0.1) is 0 Å². The van der Waals surface area contributed by atoms with Crippen molar-refractivity contribution in [1.82, 2.24) is 0 Å². The Hall–Kier alpha value is -1.22. The topological polar surface area (TPSA) is 44.5 Å². The number of aryl methyl sites for hydroxylation is 2. The van der Waals surface area contributed by atoms with Crippen LogP contribution in [0.25, 0.3) is 0 Å². The Kier molecular flexibility index (Phi) is 5.84. The first kappa shape index (κ1) is 13.8. The largest absolute Gasteiger partial charge is 0.489 e. The van der Waals surface area contributed by atoms with Crippen LogP contribution in [0.5, 0.6) is 5.75 Å². The van der Waals surface area contributed by atoms with Gasteiger partial charge in [-0.05, 0) is 37.5 Å². The van der Waals surface area contributed by atoms with E-state index in [0.29, 0.717) is 18.9 Å². The third kappa shape index (κ3) is 4.65. The maximum absolute atomic E-state index is 5.92. The molecule has 0 aliphatic heterocycles. The molecule has 0 bridgehead atoms. The Morgan fingerprint density at radius 1 is 1.12 bits per heavy atom. The molecule has 0 radical (unpaired) electrons. The van der Waals surface area contributed by atoms with Crippen LogP contribution < -0.4 is 10.5 Å². The van der Waals surface area contributed by atoms with Crippen LogP contribution in [0.4, 0.5) is 5.69 Å². The summed E-state index contributed by atoms with van der Waals surface area (Å²) in [7, 11) is 0. The smallest absolute Gasteiger partial charge is 0.145 e. The second-order valence-electron chi connectivity index (χ2n) is 4.31. The van der Waals surface area contributed by atoms with Gasteiger partial charge >= 0.3 is 0 Å². The van der Waals surface area contributed by atoms with Gasteiger partial charge in [0.25, 0.3) is 0 Å². The van der Waals surface area contributed by atoms with Gasteiger partial charge in [-0.25, -0.2) is 0 Å². The van der Waals surface area contributed by atoms with E-state index in [0.717, 1.165) is 36.3 Å².